The summed E-state index contributed by atoms with van der Waals surface area (Å²) in [5, 5.41) is 9.06. The molecule has 1 spiro atoms. The molecule has 12 amide bonds. The van der Waals surface area contributed by atoms with E-state index in [-0.39, 0.29) is 114 Å². The summed E-state index contributed by atoms with van der Waals surface area (Å²) in [7, 11) is 11.6. The van der Waals surface area contributed by atoms with E-state index in [4.69, 9.17) is 9.47 Å². The van der Waals surface area contributed by atoms with Gasteiger partial charge in [0.05, 0.1) is 43.7 Å². The van der Waals surface area contributed by atoms with Gasteiger partial charge < -0.3 is 69.5 Å². The molecule has 10 fully saturated rings. The van der Waals surface area contributed by atoms with E-state index in [1.165, 1.54) is 93.5 Å². The van der Waals surface area contributed by atoms with E-state index < -0.39 is 186 Å². The predicted molar refractivity (Wildman–Crippen MR) is 396 cm³/mol. The molecule has 6 aliphatic heterocycles. The van der Waals surface area contributed by atoms with Crippen LogP contribution in [0.3, 0.4) is 0 Å². The summed E-state index contributed by atoms with van der Waals surface area (Å²) in [6, 6.07) is -10.1. The Balaban J connectivity index is 1.16. The Kier molecular flexibility index (Phi) is 28.8. The molecule has 3 N–H and O–H groups in total. The summed E-state index contributed by atoms with van der Waals surface area (Å²) in [5.74, 6) is -10.5. The van der Waals surface area contributed by atoms with Crippen LogP contribution in [-0.4, -0.2) is 283 Å². The molecule has 5 saturated carbocycles. The lowest BCUT2D eigenvalue weighted by Gasteiger charge is -2.54. The summed E-state index contributed by atoms with van der Waals surface area (Å²) in [6.45, 7) is 8.32. The molecule has 108 heavy (non-hydrogen) atoms. The molecule has 5 saturated heterocycles. The van der Waals surface area contributed by atoms with Crippen molar-refractivity contribution in [3.63, 3.8) is 0 Å². The first kappa shape index (κ1) is 85.1. The zero-order chi connectivity index (χ0) is 79.0. The van der Waals surface area contributed by atoms with Crippen molar-refractivity contribution in [2.45, 2.75) is 286 Å². The van der Waals surface area contributed by atoms with Crippen LogP contribution in [0.1, 0.15) is 208 Å². The van der Waals surface area contributed by atoms with E-state index in [1.807, 2.05) is 26.8 Å². The van der Waals surface area contributed by atoms with Gasteiger partial charge in [-0.1, -0.05) is 97.6 Å². The van der Waals surface area contributed by atoms with Crippen molar-refractivity contribution < 1.29 is 80.2 Å². The van der Waals surface area contributed by atoms with Gasteiger partial charge in [0.2, 0.25) is 70.9 Å². The Morgan fingerprint density at radius 3 is 1.90 bits per heavy atom. The van der Waals surface area contributed by atoms with Gasteiger partial charge in [-0.3, -0.25) is 57.5 Å². The third-order valence-electron chi connectivity index (χ3n) is 26.1. The van der Waals surface area contributed by atoms with Crippen molar-refractivity contribution in [2.75, 3.05) is 89.2 Å². The molecule has 0 aromatic carbocycles. The highest BCUT2D eigenvalue weighted by Gasteiger charge is 2.60. The lowest BCUT2D eigenvalue weighted by molar-refractivity contribution is -0.215. The van der Waals surface area contributed by atoms with Crippen LogP contribution in [-0.2, 0) is 67.0 Å². The van der Waals surface area contributed by atoms with Crippen LogP contribution in [0.5, 0.6) is 0 Å². The fourth-order valence-electron chi connectivity index (χ4n) is 19.0. The number of nitrogens with zero attached hydrogens (tertiary/aromatic N) is 9. The van der Waals surface area contributed by atoms with E-state index in [1.54, 1.807) is 27.0 Å². The number of nitrogens with one attached hydrogen (secondary N) is 3. The van der Waals surface area contributed by atoms with Crippen LogP contribution >= 0.6 is 0 Å². The number of hydrogen-bond donors (Lipinski definition) is 3. The Morgan fingerprint density at radius 2 is 1.28 bits per heavy atom. The van der Waals surface area contributed by atoms with Gasteiger partial charge in [0.1, 0.15) is 53.9 Å². The molecule has 3 unspecified atom stereocenters. The number of likely N-dealkylation sites (N-methyl/N-ethyl adjacent to an activating group) is 7. The first-order chi connectivity index (χ1) is 51.0. The number of fused-ring (bicyclic) bond motifs is 22. The van der Waals surface area contributed by atoms with E-state index in [2.05, 4.69) is 16.0 Å². The minimum Gasteiger partial charge on any atom is -0.381 e. The number of rotatable bonds is 11. The lowest BCUT2D eigenvalue weighted by atomic mass is 9.58. The highest BCUT2D eigenvalue weighted by atomic mass is 19.4. The van der Waals surface area contributed by atoms with Crippen molar-refractivity contribution in [1.82, 2.24) is 60.0 Å². The molecule has 11 rings (SSSR count). The van der Waals surface area contributed by atoms with E-state index in [0.717, 1.165) is 32.1 Å². The van der Waals surface area contributed by atoms with Gasteiger partial charge in [0, 0.05) is 82.5 Å². The molecule has 6 heterocycles. The second-order valence-corrected chi connectivity index (χ2v) is 34.3. The van der Waals surface area contributed by atoms with Gasteiger partial charge >= 0.3 is 6.18 Å². The highest BCUT2D eigenvalue weighted by molar-refractivity contribution is 6.01. The van der Waals surface area contributed by atoms with Crippen LogP contribution in [0.4, 0.5) is 13.2 Å². The summed E-state index contributed by atoms with van der Waals surface area (Å²) in [5.41, 5.74) is -2.16. The van der Waals surface area contributed by atoms with E-state index >= 15 is 43.2 Å². The largest absolute Gasteiger partial charge is 0.394 e. The number of alkyl halides is 3. The maximum atomic E-state index is 16.0. The molecule has 29 heteroatoms. The summed E-state index contributed by atoms with van der Waals surface area (Å²) in [6.07, 6.45) is 6.68. The monoisotopic (exact) mass is 1520 g/mol. The second-order valence-electron chi connectivity index (χ2n) is 34.3. The number of halogens is 3. The summed E-state index contributed by atoms with van der Waals surface area (Å²) < 4.78 is 55.2. The molecule has 26 nitrogen and oxygen atoms in total. The Labute approximate surface area is 637 Å². The fourth-order valence-corrected chi connectivity index (χ4v) is 19.0. The standard InChI is InChI=1S/C79H125F3N12O14/c1-14-48(3)66-74(104)88(8)45-65(97)90(10)58-28-17-16-20-38-93(73(58)103)61-39-50-32-30-49(31-33-50)23-21-29-57(68(98)84-66)89(9)64(96)42-60(71(101)86(6)15-2)91(11)75(105)67(52-24-18-19-25-52)92(12)76(106)78(46-77(4,5)47-78)85-69(99)59-41-54(108-53-26-22-27-53)43-94(59)70(100)56(83-63(95)44-87(7)72(61)102)37-35-51-34-36-55(79(80,81)82)62(40-51)107-13/h16-17,48-62,66-67H,14-15,18-47H2,1-13H3,(H,83,95)(H,84,98)(H,85,99)/b17-16-/t48-,49?,50?,51?,54+,55?,56-,57-,58-,59-,60-,61-,62?,66-,67-/m0/s1. The zero-order valence-electron chi connectivity index (χ0n) is 66.5. The van der Waals surface area contributed by atoms with Crippen molar-refractivity contribution in [3.8, 4) is 0 Å². The molecular weight excluding hydrogens is 1400 g/mol. The lowest BCUT2D eigenvalue weighted by Crippen LogP contribution is -2.71. The summed E-state index contributed by atoms with van der Waals surface area (Å²) in [4.78, 5) is 197. The van der Waals surface area contributed by atoms with Crippen molar-refractivity contribution in [1.29, 1.82) is 0 Å². The number of ether oxygens (including phenoxy) is 2. The van der Waals surface area contributed by atoms with Crippen LogP contribution in [0.15, 0.2) is 12.2 Å². The smallest absolute Gasteiger partial charge is 0.381 e. The van der Waals surface area contributed by atoms with Gasteiger partial charge in [-0.05, 0) is 145 Å². The Hall–Kier alpha value is -6.91. The van der Waals surface area contributed by atoms with Crippen molar-refractivity contribution in [3.05, 3.63) is 12.2 Å². The molecule has 0 radical (unpaired) electrons. The van der Waals surface area contributed by atoms with Crippen molar-refractivity contribution in [2.24, 2.45) is 40.9 Å². The topological polar surface area (TPSA) is 289 Å². The molecule has 5 aliphatic carbocycles. The van der Waals surface area contributed by atoms with Crippen LogP contribution in [0.2, 0.25) is 0 Å². The van der Waals surface area contributed by atoms with Gasteiger partial charge in [0.15, 0.2) is 0 Å². The second kappa shape index (κ2) is 36.5. The van der Waals surface area contributed by atoms with Crippen LogP contribution in [0, 0.1) is 40.9 Å². The highest BCUT2D eigenvalue weighted by Crippen LogP contribution is 2.50. The third-order valence-corrected chi connectivity index (χ3v) is 26.1. The molecule has 0 aromatic heterocycles. The first-order valence-electron chi connectivity index (χ1n) is 40.2. The third kappa shape index (κ3) is 19.9. The molecule has 13 atom stereocenters. The van der Waals surface area contributed by atoms with Gasteiger partial charge in [0.25, 0.3) is 0 Å². The fraction of sp³-hybridized carbons (Fsp3) is 0.823. The number of carbonyl (C=O) groups is 12. The van der Waals surface area contributed by atoms with Crippen LogP contribution < -0.4 is 16.0 Å². The van der Waals surface area contributed by atoms with E-state index in [9.17, 15) is 27.6 Å². The van der Waals surface area contributed by atoms with Gasteiger partial charge in [-0.15, -0.1) is 0 Å². The van der Waals surface area contributed by atoms with E-state index in [0.29, 0.717) is 64.2 Å². The van der Waals surface area contributed by atoms with Gasteiger partial charge in [-0.25, -0.2) is 0 Å². The molecule has 11 aliphatic rings. The normalized spacial score (nSPS) is 33.0. The molecule has 6 bridgehead atoms. The zero-order valence-corrected chi connectivity index (χ0v) is 66.5. The average Bonchev–Trinajstić information content (AvgIpc) is 0.970. The number of methoxy groups -OCH3 is 1. The maximum absolute atomic E-state index is 16.0. The summed E-state index contributed by atoms with van der Waals surface area (Å²) >= 11 is 0. The Bertz CT molecular complexity index is 3280. The molecule has 0 aromatic rings. The van der Waals surface area contributed by atoms with Crippen molar-refractivity contribution >= 4 is 70.9 Å². The number of carbonyl (C=O) groups excluding carboxylic acids is 12. The molecule has 606 valence electrons. The van der Waals surface area contributed by atoms with Gasteiger partial charge in [-0.2, -0.15) is 13.2 Å². The maximum Gasteiger partial charge on any atom is 0.394 e. The quantitative estimate of drug-likeness (QED) is 0.153. The SMILES string of the molecule is CC[C@H](C)[C@@H]1NC(=O)[C@@H]2CCCC3CCC(CC3)C[C@@H](C(=O)N(C)CC(=O)N[C@@H](CCC3CCC(C(F)(F)F)C(OC)C3)C(=O)N3C[C@H](OC4CCC4)C[C@H]3C(=O)NC3(CC(C)(C)C3)C(=O)N(C)[C@@H](C3CCCC3)C(=O)N(C)[C@H](C(=O)N(C)CC)CC(=O)N2C)N2CC/C=C\C[C@@H](C2=O)N(C)C(=O)CN(C)C1=O. The number of hydrogen-bond acceptors (Lipinski definition) is 14. The predicted octanol–water partition coefficient (Wildman–Crippen LogP) is 6.21. The average molecular weight is 1520 g/mol. The minimum atomic E-state index is -4.52. The Morgan fingerprint density at radius 1 is 0.630 bits per heavy atom. The number of amides is 12. The first-order valence-corrected chi connectivity index (χ1v) is 40.2. The van der Waals surface area contributed by atoms with Crippen LogP contribution in [0.25, 0.3) is 0 Å². The molecular formula is C79H125F3N12O14. The minimum absolute atomic E-state index is 0.00441.